The van der Waals surface area contributed by atoms with Crippen LogP contribution in [-0.2, 0) is 11.3 Å². The van der Waals surface area contributed by atoms with Crippen molar-refractivity contribution in [3.8, 4) is 0 Å². The lowest BCUT2D eigenvalue weighted by atomic mass is 9.88. The molecule has 1 aromatic rings. The van der Waals surface area contributed by atoms with Crippen LogP contribution >= 0.6 is 0 Å². The number of piperidine rings is 1. The number of hydrogen-bond acceptors (Lipinski definition) is 5. The molecule has 1 aliphatic heterocycles. The fourth-order valence-corrected chi connectivity index (χ4v) is 3.50. The molecule has 0 bridgehead atoms. The van der Waals surface area contributed by atoms with Crippen molar-refractivity contribution in [1.82, 2.24) is 15.0 Å². The summed E-state index contributed by atoms with van der Waals surface area (Å²) < 4.78 is 5.22. The van der Waals surface area contributed by atoms with Gasteiger partial charge in [-0.2, -0.15) is 4.98 Å². The first-order valence-corrected chi connectivity index (χ1v) is 7.30. The minimum atomic E-state index is 0.240. The van der Waals surface area contributed by atoms with Gasteiger partial charge in [0.15, 0.2) is 5.82 Å². The molecule has 3 rings (SSSR count). The molecule has 1 saturated heterocycles. The van der Waals surface area contributed by atoms with Crippen molar-refractivity contribution >= 4 is 5.78 Å². The van der Waals surface area contributed by atoms with Gasteiger partial charge in [0, 0.05) is 18.4 Å². The molecule has 5 heteroatoms. The molecular formula is C14H21N3O2. The number of carbonyl (C=O) groups excluding carboxylic acids is 1. The normalized spacial score (nSPS) is 29.0. The Hall–Kier alpha value is -1.23. The SMILES string of the molecule is Cc1noc(CN2CCCCC2C2CCCC2=O)n1. The summed E-state index contributed by atoms with van der Waals surface area (Å²) >= 11 is 0. The first-order valence-electron chi connectivity index (χ1n) is 7.30. The van der Waals surface area contributed by atoms with E-state index in [1.54, 1.807) is 0 Å². The molecular weight excluding hydrogens is 242 g/mol. The Bertz CT molecular complexity index is 457. The van der Waals surface area contributed by atoms with Gasteiger partial charge in [-0.25, -0.2) is 0 Å². The van der Waals surface area contributed by atoms with Crippen LogP contribution in [0.4, 0.5) is 0 Å². The summed E-state index contributed by atoms with van der Waals surface area (Å²) in [7, 11) is 0. The number of likely N-dealkylation sites (tertiary alicyclic amines) is 1. The number of nitrogens with zero attached hydrogens (tertiary/aromatic N) is 3. The van der Waals surface area contributed by atoms with Gasteiger partial charge in [-0.15, -0.1) is 0 Å². The lowest BCUT2D eigenvalue weighted by Gasteiger charge is -2.37. The minimum Gasteiger partial charge on any atom is -0.338 e. The van der Waals surface area contributed by atoms with E-state index in [1.807, 2.05) is 6.92 Å². The number of aryl methyl sites for hydroxylation is 1. The van der Waals surface area contributed by atoms with E-state index in [2.05, 4.69) is 15.0 Å². The molecule has 1 aromatic heterocycles. The molecule has 0 N–H and O–H groups in total. The standard InChI is InChI=1S/C14H21N3O2/c1-10-15-14(19-16-10)9-17-8-3-2-6-12(17)11-5-4-7-13(11)18/h11-12H,2-9H2,1H3. The molecule has 2 fully saturated rings. The molecule has 2 atom stereocenters. The number of carbonyl (C=O) groups is 1. The zero-order valence-corrected chi connectivity index (χ0v) is 11.5. The fraction of sp³-hybridized carbons (Fsp3) is 0.786. The smallest absolute Gasteiger partial charge is 0.240 e. The van der Waals surface area contributed by atoms with Gasteiger partial charge >= 0.3 is 0 Å². The van der Waals surface area contributed by atoms with Crippen LogP contribution in [0.5, 0.6) is 0 Å². The first-order chi connectivity index (χ1) is 9.24. The lowest BCUT2D eigenvalue weighted by Crippen LogP contribution is -2.44. The number of Topliss-reactive ketones (excluding diaryl/α,β-unsaturated/α-hetero) is 1. The molecule has 0 amide bonds. The molecule has 5 nitrogen and oxygen atoms in total. The summed E-state index contributed by atoms with van der Waals surface area (Å²) in [5.41, 5.74) is 0. The second-order valence-corrected chi connectivity index (χ2v) is 5.73. The van der Waals surface area contributed by atoms with Crippen LogP contribution < -0.4 is 0 Å². The maximum atomic E-state index is 12.0. The third-order valence-electron chi connectivity index (χ3n) is 4.39. The van der Waals surface area contributed by atoms with Gasteiger partial charge in [0.2, 0.25) is 5.89 Å². The van der Waals surface area contributed by atoms with E-state index < -0.39 is 0 Å². The third-order valence-corrected chi connectivity index (χ3v) is 4.39. The Morgan fingerprint density at radius 1 is 1.32 bits per heavy atom. The average Bonchev–Trinajstić information content (AvgIpc) is 2.99. The maximum Gasteiger partial charge on any atom is 0.240 e. The summed E-state index contributed by atoms with van der Waals surface area (Å²) in [6.45, 7) is 3.56. The highest BCUT2D eigenvalue weighted by Gasteiger charge is 2.37. The van der Waals surface area contributed by atoms with Crippen molar-refractivity contribution < 1.29 is 9.32 Å². The highest BCUT2D eigenvalue weighted by Crippen LogP contribution is 2.33. The largest absolute Gasteiger partial charge is 0.338 e. The summed E-state index contributed by atoms with van der Waals surface area (Å²) in [6.07, 6.45) is 6.45. The number of rotatable bonds is 3. The van der Waals surface area contributed by atoms with Crippen molar-refractivity contribution in [2.75, 3.05) is 6.54 Å². The van der Waals surface area contributed by atoms with E-state index in [9.17, 15) is 4.79 Å². The van der Waals surface area contributed by atoms with E-state index in [0.717, 1.165) is 32.2 Å². The van der Waals surface area contributed by atoms with Crippen LogP contribution in [0.2, 0.25) is 0 Å². The van der Waals surface area contributed by atoms with Crippen molar-refractivity contribution in [2.45, 2.75) is 58.0 Å². The average molecular weight is 263 g/mol. The van der Waals surface area contributed by atoms with Gasteiger partial charge in [0.05, 0.1) is 6.54 Å². The molecule has 19 heavy (non-hydrogen) atoms. The van der Waals surface area contributed by atoms with Crippen molar-refractivity contribution in [3.05, 3.63) is 11.7 Å². The van der Waals surface area contributed by atoms with Gasteiger partial charge in [0.25, 0.3) is 0 Å². The lowest BCUT2D eigenvalue weighted by molar-refractivity contribution is -0.123. The Morgan fingerprint density at radius 2 is 2.21 bits per heavy atom. The Morgan fingerprint density at radius 3 is 2.89 bits per heavy atom. The van der Waals surface area contributed by atoms with Crippen LogP contribution in [0.25, 0.3) is 0 Å². The monoisotopic (exact) mass is 263 g/mol. The highest BCUT2D eigenvalue weighted by molar-refractivity contribution is 5.83. The highest BCUT2D eigenvalue weighted by atomic mass is 16.5. The Kier molecular flexibility index (Phi) is 3.64. The first kappa shape index (κ1) is 12.8. The molecule has 2 unspecified atom stereocenters. The molecule has 0 spiro atoms. The van der Waals surface area contributed by atoms with Gasteiger partial charge in [-0.1, -0.05) is 11.6 Å². The summed E-state index contributed by atoms with van der Waals surface area (Å²) in [5.74, 6) is 2.05. The molecule has 2 aliphatic rings. The van der Waals surface area contributed by atoms with Crippen molar-refractivity contribution in [1.29, 1.82) is 0 Å². The van der Waals surface area contributed by atoms with Gasteiger partial charge in [0.1, 0.15) is 5.78 Å². The maximum absolute atomic E-state index is 12.0. The second-order valence-electron chi connectivity index (χ2n) is 5.73. The molecule has 1 aliphatic carbocycles. The van der Waals surface area contributed by atoms with Crippen molar-refractivity contribution in [2.24, 2.45) is 5.92 Å². The topological polar surface area (TPSA) is 59.2 Å². The zero-order valence-electron chi connectivity index (χ0n) is 11.5. The summed E-state index contributed by atoms with van der Waals surface area (Å²) in [5, 5.41) is 3.84. The zero-order chi connectivity index (χ0) is 13.2. The van der Waals surface area contributed by atoms with E-state index in [4.69, 9.17) is 4.52 Å². The predicted molar refractivity (Wildman–Crippen MR) is 69.4 cm³/mol. The summed E-state index contributed by atoms with van der Waals surface area (Å²) in [6, 6.07) is 0.385. The Labute approximate surface area is 113 Å². The second kappa shape index (κ2) is 5.41. The number of ketones is 1. The quantitative estimate of drug-likeness (QED) is 0.835. The number of aromatic nitrogens is 2. The molecule has 104 valence electrons. The van der Waals surface area contributed by atoms with Crippen molar-refractivity contribution in [3.63, 3.8) is 0 Å². The molecule has 2 heterocycles. The summed E-state index contributed by atoms with van der Waals surface area (Å²) in [4.78, 5) is 18.7. The van der Waals surface area contributed by atoms with Crippen LogP contribution in [0.15, 0.2) is 4.52 Å². The van der Waals surface area contributed by atoms with Crippen LogP contribution in [0.3, 0.4) is 0 Å². The van der Waals surface area contributed by atoms with E-state index in [0.29, 0.717) is 30.1 Å². The molecule has 0 radical (unpaired) electrons. The van der Waals surface area contributed by atoms with E-state index in [-0.39, 0.29) is 5.92 Å². The number of hydrogen-bond donors (Lipinski definition) is 0. The fourth-order valence-electron chi connectivity index (χ4n) is 3.50. The van der Waals surface area contributed by atoms with Crippen LogP contribution in [0, 0.1) is 12.8 Å². The predicted octanol–water partition coefficient (Wildman–Crippen LogP) is 2.10. The van der Waals surface area contributed by atoms with E-state index in [1.165, 1.54) is 12.8 Å². The third kappa shape index (κ3) is 2.71. The van der Waals surface area contributed by atoms with E-state index >= 15 is 0 Å². The van der Waals surface area contributed by atoms with Gasteiger partial charge in [-0.05, 0) is 39.2 Å². The van der Waals surface area contributed by atoms with Crippen LogP contribution in [-0.4, -0.2) is 33.4 Å². The van der Waals surface area contributed by atoms with Crippen LogP contribution in [0.1, 0.15) is 50.2 Å². The van der Waals surface area contributed by atoms with Gasteiger partial charge in [-0.3, -0.25) is 9.69 Å². The minimum absolute atomic E-state index is 0.240. The van der Waals surface area contributed by atoms with Gasteiger partial charge < -0.3 is 4.52 Å². The molecule has 0 aromatic carbocycles. The Balaban J connectivity index is 1.71. The molecule has 1 saturated carbocycles.